The molecule has 0 saturated heterocycles. The van der Waals surface area contributed by atoms with Gasteiger partial charge in [0.15, 0.2) is 17.4 Å². The average Bonchev–Trinajstić information content (AvgIpc) is 2.43. The Hall–Kier alpha value is 1.26. The van der Waals surface area contributed by atoms with Gasteiger partial charge in [-0.15, -0.1) is 0 Å². The molecule has 22 heavy (non-hydrogen) atoms. The van der Waals surface area contributed by atoms with Gasteiger partial charge in [0, 0.05) is 6.42 Å². The maximum absolute atomic E-state index is 10.3. The molecule has 0 rings (SSSR count). The second kappa shape index (κ2) is 24.5. The summed E-state index contributed by atoms with van der Waals surface area (Å²) in [6, 6.07) is 0. The third-order valence-corrected chi connectivity index (χ3v) is 3.99. The van der Waals surface area contributed by atoms with Crippen LogP contribution >= 0.6 is 0 Å². The first kappa shape index (κ1) is 28.1. The standard InChI is InChI=1S/C18H36O2.Al.Ca.5H/c1-2-3-4-5-6-7-8-9-10-11-12-13-14-15-16-17-18(19)20;;;;;;;/h2-17H2,1H3,(H,19,20);;;;;;;. The molecule has 0 heterocycles. The van der Waals surface area contributed by atoms with Gasteiger partial charge >= 0.3 is 43.7 Å². The number of carbonyl (C=O) groups is 1. The van der Waals surface area contributed by atoms with Gasteiger partial charge in [0.05, 0.1) is 0 Å². The van der Waals surface area contributed by atoms with Crippen LogP contribution in [0.4, 0.5) is 0 Å². The second-order valence-corrected chi connectivity index (χ2v) is 6.09. The second-order valence-electron chi connectivity index (χ2n) is 6.09. The van der Waals surface area contributed by atoms with Gasteiger partial charge in [-0.3, -0.25) is 4.79 Å². The SMILES string of the molecule is CCCCCCCCCCCCCCCCCC(=O)O.[AlH3].[CaH2]. The van der Waals surface area contributed by atoms with E-state index in [1.165, 1.54) is 83.5 Å². The molecule has 0 bridgehead atoms. The van der Waals surface area contributed by atoms with Gasteiger partial charge in [-0.1, -0.05) is 96.8 Å². The molecule has 4 heteroatoms. The van der Waals surface area contributed by atoms with Crippen molar-refractivity contribution in [2.75, 3.05) is 0 Å². The van der Waals surface area contributed by atoms with Gasteiger partial charge in [0.1, 0.15) is 0 Å². The van der Waals surface area contributed by atoms with E-state index in [4.69, 9.17) is 5.11 Å². The van der Waals surface area contributed by atoms with Crippen molar-refractivity contribution in [1.82, 2.24) is 0 Å². The van der Waals surface area contributed by atoms with E-state index < -0.39 is 5.97 Å². The normalized spacial score (nSPS) is 9.86. The zero-order valence-corrected chi connectivity index (χ0v) is 13.7. The van der Waals surface area contributed by atoms with Gasteiger partial charge in [-0.05, 0) is 6.42 Å². The minimum absolute atomic E-state index is 0. The van der Waals surface area contributed by atoms with Crippen LogP contribution in [0, 0.1) is 0 Å². The van der Waals surface area contributed by atoms with Gasteiger partial charge in [0.25, 0.3) is 0 Å². The van der Waals surface area contributed by atoms with Crippen molar-refractivity contribution in [3.8, 4) is 0 Å². The first-order valence-electron chi connectivity index (χ1n) is 8.99. The van der Waals surface area contributed by atoms with Gasteiger partial charge < -0.3 is 5.11 Å². The number of aliphatic carboxylic acids is 1. The molecule has 0 aromatic rings. The first-order valence-corrected chi connectivity index (χ1v) is 8.99. The van der Waals surface area contributed by atoms with Crippen molar-refractivity contribution in [2.45, 2.75) is 110 Å². The number of hydrogen-bond donors (Lipinski definition) is 1. The number of hydrogen-bond acceptors (Lipinski definition) is 1. The summed E-state index contributed by atoms with van der Waals surface area (Å²) in [7, 11) is 0. The molecule has 0 radical (unpaired) electrons. The van der Waals surface area contributed by atoms with Crippen LogP contribution < -0.4 is 0 Å². The topological polar surface area (TPSA) is 37.3 Å². The Morgan fingerprint density at radius 2 is 0.909 bits per heavy atom. The van der Waals surface area contributed by atoms with E-state index in [1.54, 1.807) is 0 Å². The molecule has 0 aliphatic rings. The predicted octanol–water partition coefficient (Wildman–Crippen LogP) is 4.23. The molecule has 2 nitrogen and oxygen atoms in total. The molecule has 0 atom stereocenters. The number of carboxylic acids is 1. The summed E-state index contributed by atoms with van der Waals surface area (Å²) in [6.07, 6.45) is 20.2. The molecular weight excluding hydrogens is 315 g/mol. The van der Waals surface area contributed by atoms with Crippen LogP contribution in [0.3, 0.4) is 0 Å². The van der Waals surface area contributed by atoms with Crippen LogP contribution in [0.15, 0.2) is 0 Å². The van der Waals surface area contributed by atoms with E-state index in [0.717, 1.165) is 12.8 Å². The summed E-state index contributed by atoms with van der Waals surface area (Å²) in [5.74, 6) is -0.653. The van der Waals surface area contributed by atoms with Crippen molar-refractivity contribution in [2.24, 2.45) is 0 Å². The van der Waals surface area contributed by atoms with Crippen LogP contribution in [-0.2, 0) is 4.79 Å². The molecule has 1 N–H and O–H groups in total. The molecular formula is C18H41AlCaO2. The molecule has 0 amide bonds. The van der Waals surface area contributed by atoms with Crippen molar-refractivity contribution in [3.05, 3.63) is 0 Å². The fourth-order valence-electron chi connectivity index (χ4n) is 2.65. The Balaban J connectivity index is -0.00000180. The van der Waals surface area contributed by atoms with Gasteiger partial charge in [-0.25, -0.2) is 0 Å². The van der Waals surface area contributed by atoms with E-state index in [0.29, 0.717) is 6.42 Å². The molecule has 0 aliphatic heterocycles. The van der Waals surface area contributed by atoms with Crippen molar-refractivity contribution < 1.29 is 9.90 Å². The molecule has 0 spiro atoms. The van der Waals surface area contributed by atoms with E-state index in [1.807, 2.05) is 0 Å². The summed E-state index contributed by atoms with van der Waals surface area (Å²) in [5, 5.41) is 8.52. The van der Waals surface area contributed by atoms with E-state index >= 15 is 0 Å². The number of carboxylic acid groups (broad SMARTS) is 1. The van der Waals surface area contributed by atoms with Crippen LogP contribution in [0.5, 0.6) is 0 Å². The monoisotopic (exact) mass is 356 g/mol. The van der Waals surface area contributed by atoms with Crippen LogP contribution in [0.25, 0.3) is 0 Å². The van der Waals surface area contributed by atoms with Crippen molar-refractivity contribution >= 4 is 61.1 Å². The van der Waals surface area contributed by atoms with Crippen molar-refractivity contribution in [3.63, 3.8) is 0 Å². The van der Waals surface area contributed by atoms with E-state index in [-0.39, 0.29) is 55.1 Å². The summed E-state index contributed by atoms with van der Waals surface area (Å²) >= 11 is 0. The quantitative estimate of drug-likeness (QED) is 0.332. The fourth-order valence-corrected chi connectivity index (χ4v) is 2.65. The molecule has 0 fully saturated rings. The Morgan fingerprint density at radius 1 is 0.636 bits per heavy atom. The molecule has 0 saturated carbocycles. The van der Waals surface area contributed by atoms with Crippen LogP contribution in [0.1, 0.15) is 110 Å². The Morgan fingerprint density at radius 3 is 1.18 bits per heavy atom. The van der Waals surface area contributed by atoms with E-state index in [9.17, 15) is 4.79 Å². The third kappa shape index (κ3) is 26.2. The Kier molecular flexibility index (Phi) is 31.3. The molecule has 0 unspecified atom stereocenters. The van der Waals surface area contributed by atoms with Crippen LogP contribution in [-0.4, -0.2) is 66.2 Å². The maximum atomic E-state index is 10.3. The molecule has 130 valence electrons. The fraction of sp³-hybridized carbons (Fsp3) is 0.944. The molecule has 0 aromatic carbocycles. The van der Waals surface area contributed by atoms with E-state index in [2.05, 4.69) is 6.92 Å². The summed E-state index contributed by atoms with van der Waals surface area (Å²) in [6.45, 7) is 2.27. The zero-order valence-electron chi connectivity index (χ0n) is 13.7. The van der Waals surface area contributed by atoms with Crippen LogP contribution in [0.2, 0.25) is 0 Å². The number of unbranched alkanes of at least 4 members (excludes halogenated alkanes) is 14. The first-order chi connectivity index (χ1) is 9.77. The number of rotatable bonds is 16. The van der Waals surface area contributed by atoms with Gasteiger partial charge in [0.2, 0.25) is 0 Å². The Bertz CT molecular complexity index is 213. The Labute approximate surface area is 179 Å². The van der Waals surface area contributed by atoms with Gasteiger partial charge in [-0.2, -0.15) is 0 Å². The minimum atomic E-state index is -0.653. The van der Waals surface area contributed by atoms with Crippen molar-refractivity contribution in [1.29, 1.82) is 0 Å². The average molecular weight is 357 g/mol. The third-order valence-electron chi connectivity index (χ3n) is 3.99. The molecule has 0 aromatic heterocycles. The summed E-state index contributed by atoms with van der Waals surface area (Å²) in [4.78, 5) is 10.3. The molecule has 0 aliphatic carbocycles. The predicted molar refractivity (Wildman–Crippen MR) is 106 cm³/mol. The summed E-state index contributed by atoms with van der Waals surface area (Å²) < 4.78 is 0. The summed E-state index contributed by atoms with van der Waals surface area (Å²) in [5.41, 5.74) is 0. The zero-order chi connectivity index (χ0) is 14.9.